The molecule has 0 spiro atoms. The molecule has 4 aliphatic rings. The van der Waals surface area contributed by atoms with Gasteiger partial charge in [-0.3, -0.25) is 4.79 Å². The topological polar surface area (TPSA) is 42.0 Å². The number of likely N-dealkylation sites (tertiary alicyclic amines) is 1. The second-order valence-electron chi connectivity index (χ2n) is 7.80. The zero-order chi connectivity index (χ0) is 15.6. The summed E-state index contributed by atoms with van der Waals surface area (Å²) >= 11 is 0. The smallest absolute Gasteiger partial charge is 0.251 e. The first-order valence-electron chi connectivity index (χ1n) is 9.54. The Bertz CT molecular complexity index is 418. The first kappa shape index (κ1) is 15.9. The lowest BCUT2D eigenvalue weighted by Gasteiger charge is -2.35. The summed E-state index contributed by atoms with van der Waals surface area (Å²) < 4.78 is 11.5. The van der Waals surface area contributed by atoms with Crippen molar-refractivity contribution in [2.24, 2.45) is 11.8 Å². The maximum absolute atomic E-state index is 12.6. The number of hydrogen-bond donors (Lipinski definition) is 0. The first-order chi connectivity index (χ1) is 11.3. The number of nitrogens with zero attached hydrogens (tertiary/aromatic N) is 2. The second kappa shape index (κ2) is 7.08. The third-order valence-corrected chi connectivity index (χ3v) is 6.23. The van der Waals surface area contributed by atoms with Crippen LogP contribution >= 0.6 is 0 Å². The van der Waals surface area contributed by atoms with E-state index in [4.69, 9.17) is 9.47 Å². The van der Waals surface area contributed by atoms with Crippen LogP contribution in [-0.2, 0) is 14.3 Å². The average Bonchev–Trinajstić information content (AvgIpc) is 3.24. The van der Waals surface area contributed by atoms with Gasteiger partial charge in [-0.15, -0.1) is 0 Å². The van der Waals surface area contributed by atoms with Gasteiger partial charge in [0.2, 0.25) is 0 Å². The molecular formula is C18H30N2O3. The normalized spacial score (nSPS) is 36.3. The summed E-state index contributed by atoms with van der Waals surface area (Å²) in [5.74, 6) is 1.69. The minimum Gasteiger partial charge on any atom is -0.378 e. The summed E-state index contributed by atoms with van der Waals surface area (Å²) in [4.78, 5) is 17.2. The third-order valence-electron chi connectivity index (χ3n) is 6.23. The molecule has 0 unspecified atom stereocenters. The molecule has 0 aromatic carbocycles. The molecular weight excluding hydrogens is 292 g/mol. The van der Waals surface area contributed by atoms with E-state index in [0.29, 0.717) is 19.1 Å². The Labute approximate surface area is 139 Å². The molecule has 3 heterocycles. The number of piperidine rings is 1. The summed E-state index contributed by atoms with van der Waals surface area (Å²) in [5, 5.41) is 0. The highest BCUT2D eigenvalue weighted by Gasteiger charge is 2.43. The fourth-order valence-electron chi connectivity index (χ4n) is 4.86. The fraction of sp³-hybridized carbons (Fsp3) is 0.944. The van der Waals surface area contributed by atoms with E-state index < -0.39 is 0 Å². The van der Waals surface area contributed by atoms with Gasteiger partial charge < -0.3 is 19.3 Å². The molecule has 5 nitrogen and oxygen atoms in total. The standard InChI is InChI=1S/C18H30N2O3/c21-18(20-7-9-22-10-8-20)16-11-15-5-6-19(13-17(15)23-16)12-14-3-1-2-4-14/h14-17H,1-13H2/t15-,16+,17+/m0/s1. The van der Waals surface area contributed by atoms with Gasteiger partial charge in [0, 0.05) is 26.2 Å². The van der Waals surface area contributed by atoms with Crippen LogP contribution in [-0.4, -0.2) is 73.9 Å². The van der Waals surface area contributed by atoms with E-state index in [1.807, 2.05) is 4.90 Å². The van der Waals surface area contributed by atoms with Crippen LogP contribution in [0.3, 0.4) is 0 Å². The molecule has 4 fully saturated rings. The van der Waals surface area contributed by atoms with Crippen LogP contribution in [0.4, 0.5) is 0 Å². The Morgan fingerprint density at radius 3 is 2.61 bits per heavy atom. The summed E-state index contributed by atoms with van der Waals surface area (Å²) in [6.07, 6.45) is 7.85. The van der Waals surface area contributed by atoms with Gasteiger partial charge in [0.15, 0.2) is 0 Å². The molecule has 5 heteroatoms. The lowest BCUT2D eigenvalue weighted by molar-refractivity contribution is -0.147. The third kappa shape index (κ3) is 3.57. The molecule has 23 heavy (non-hydrogen) atoms. The van der Waals surface area contributed by atoms with Crippen LogP contribution in [0, 0.1) is 11.8 Å². The Balaban J connectivity index is 1.29. The van der Waals surface area contributed by atoms with Crippen LogP contribution in [0.15, 0.2) is 0 Å². The molecule has 4 rings (SSSR count). The Hall–Kier alpha value is -0.650. The maximum atomic E-state index is 12.6. The lowest BCUT2D eigenvalue weighted by atomic mass is 9.91. The number of hydrogen-bond acceptors (Lipinski definition) is 4. The number of fused-ring (bicyclic) bond motifs is 1. The Morgan fingerprint density at radius 2 is 1.83 bits per heavy atom. The van der Waals surface area contributed by atoms with Gasteiger partial charge in [0.25, 0.3) is 5.91 Å². The molecule has 0 aromatic rings. The number of carbonyl (C=O) groups excluding carboxylic acids is 1. The molecule has 1 aliphatic carbocycles. The minimum absolute atomic E-state index is 0.199. The van der Waals surface area contributed by atoms with Crippen LogP contribution in [0.2, 0.25) is 0 Å². The molecule has 130 valence electrons. The van der Waals surface area contributed by atoms with E-state index in [9.17, 15) is 4.79 Å². The van der Waals surface area contributed by atoms with Crippen molar-refractivity contribution in [1.29, 1.82) is 0 Å². The van der Waals surface area contributed by atoms with Crippen molar-refractivity contribution < 1.29 is 14.3 Å². The zero-order valence-corrected chi connectivity index (χ0v) is 14.1. The monoisotopic (exact) mass is 322 g/mol. The molecule has 3 aliphatic heterocycles. The van der Waals surface area contributed by atoms with E-state index in [1.165, 1.54) is 45.2 Å². The van der Waals surface area contributed by atoms with Crippen LogP contribution in [0.5, 0.6) is 0 Å². The van der Waals surface area contributed by atoms with Gasteiger partial charge in [-0.25, -0.2) is 0 Å². The predicted octanol–water partition coefficient (Wildman–Crippen LogP) is 1.51. The van der Waals surface area contributed by atoms with Crippen molar-refractivity contribution >= 4 is 5.91 Å². The SMILES string of the molecule is O=C([C@H]1C[C@@H]2CCN(CC3CCCC3)C[C@H]2O1)N1CCOCC1. The molecule has 0 radical (unpaired) electrons. The van der Waals surface area contributed by atoms with Crippen molar-refractivity contribution in [3.8, 4) is 0 Å². The van der Waals surface area contributed by atoms with E-state index in [-0.39, 0.29) is 18.1 Å². The maximum Gasteiger partial charge on any atom is 0.251 e. The molecule has 0 bridgehead atoms. The average molecular weight is 322 g/mol. The summed E-state index contributed by atoms with van der Waals surface area (Å²) in [7, 11) is 0. The number of ether oxygens (including phenoxy) is 2. The Morgan fingerprint density at radius 1 is 1.04 bits per heavy atom. The molecule has 3 saturated heterocycles. The second-order valence-corrected chi connectivity index (χ2v) is 7.80. The number of amides is 1. The van der Waals surface area contributed by atoms with Gasteiger partial charge in [0.1, 0.15) is 6.10 Å². The number of carbonyl (C=O) groups is 1. The van der Waals surface area contributed by atoms with Gasteiger partial charge in [-0.2, -0.15) is 0 Å². The van der Waals surface area contributed by atoms with Gasteiger partial charge in [-0.1, -0.05) is 12.8 Å². The zero-order valence-electron chi connectivity index (χ0n) is 14.1. The highest BCUT2D eigenvalue weighted by molar-refractivity contribution is 5.81. The minimum atomic E-state index is -0.200. The fourth-order valence-corrected chi connectivity index (χ4v) is 4.86. The molecule has 3 atom stereocenters. The summed E-state index contributed by atoms with van der Waals surface area (Å²) in [5.41, 5.74) is 0. The van der Waals surface area contributed by atoms with Gasteiger partial charge in [0.05, 0.1) is 19.3 Å². The van der Waals surface area contributed by atoms with Gasteiger partial charge in [-0.05, 0) is 44.1 Å². The summed E-state index contributed by atoms with van der Waals surface area (Å²) in [6, 6.07) is 0. The van der Waals surface area contributed by atoms with E-state index in [2.05, 4.69) is 4.90 Å². The lowest BCUT2D eigenvalue weighted by Crippen LogP contribution is -2.46. The largest absolute Gasteiger partial charge is 0.378 e. The van der Waals surface area contributed by atoms with Crippen LogP contribution in [0.1, 0.15) is 38.5 Å². The molecule has 1 saturated carbocycles. The van der Waals surface area contributed by atoms with Crippen molar-refractivity contribution in [1.82, 2.24) is 9.80 Å². The van der Waals surface area contributed by atoms with Crippen LogP contribution < -0.4 is 0 Å². The van der Waals surface area contributed by atoms with Crippen molar-refractivity contribution in [3.63, 3.8) is 0 Å². The van der Waals surface area contributed by atoms with E-state index in [1.54, 1.807) is 0 Å². The summed E-state index contributed by atoms with van der Waals surface area (Å²) in [6.45, 7) is 6.26. The predicted molar refractivity (Wildman–Crippen MR) is 87.2 cm³/mol. The quantitative estimate of drug-likeness (QED) is 0.790. The Kier molecular flexibility index (Phi) is 4.88. The number of morpholine rings is 1. The van der Waals surface area contributed by atoms with E-state index >= 15 is 0 Å². The highest BCUT2D eigenvalue weighted by Crippen LogP contribution is 2.35. The number of rotatable bonds is 3. The molecule has 1 amide bonds. The molecule has 0 aromatic heterocycles. The van der Waals surface area contributed by atoms with E-state index in [0.717, 1.165) is 32.0 Å². The highest BCUT2D eigenvalue weighted by atomic mass is 16.5. The van der Waals surface area contributed by atoms with Crippen molar-refractivity contribution in [3.05, 3.63) is 0 Å². The molecule has 0 N–H and O–H groups in total. The van der Waals surface area contributed by atoms with Crippen LogP contribution in [0.25, 0.3) is 0 Å². The van der Waals surface area contributed by atoms with Crippen molar-refractivity contribution in [2.45, 2.75) is 50.7 Å². The first-order valence-corrected chi connectivity index (χ1v) is 9.54. The van der Waals surface area contributed by atoms with Gasteiger partial charge >= 0.3 is 0 Å². The van der Waals surface area contributed by atoms with Crippen molar-refractivity contribution in [2.75, 3.05) is 45.9 Å².